The summed E-state index contributed by atoms with van der Waals surface area (Å²) in [5.41, 5.74) is -1.18. The third-order valence-electron chi connectivity index (χ3n) is 4.79. The molecular formula is C18H24ClF3N2O3S. The topological polar surface area (TPSA) is 66.5 Å². The number of amides is 1. The first-order valence-electron chi connectivity index (χ1n) is 9.22. The highest BCUT2D eigenvalue weighted by Crippen LogP contribution is 2.36. The molecule has 10 heteroatoms. The molecule has 0 radical (unpaired) electrons. The largest absolute Gasteiger partial charge is 0.417 e. The van der Waals surface area contributed by atoms with Crippen molar-refractivity contribution in [3.8, 4) is 0 Å². The Hall–Kier alpha value is -1.32. The lowest BCUT2D eigenvalue weighted by Crippen LogP contribution is -2.43. The smallest absolute Gasteiger partial charge is 0.356 e. The van der Waals surface area contributed by atoms with Gasteiger partial charge in [0.1, 0.15) is 0 Å². The van der Waals surface area contributed by atoms with E-state index < -0.39 is 31.7 Å². The van der Waals surface area contributed by atoms with Gasteiger partial charge in [-0.1, -0.05) is 31.4 Å². The molecular weight excluding hydrogens is 417 g/mol. The number of nitrogens with one attached hydrogen (secondary N) is 1. The monoisotopic (exact) mass is 440 g/mol. The van der Waals surface area contributed by atoms with E-state index in [-0.39, 0.29) is 24.9 Å². The van der Waals surface area contributed by atoms with Crippen molar-refractivity contribution in [3.63, 3.8) is 0 Å². The number of hydrogen-bond donors (Lipinski definition) is 1. The van der Waals surface area contributed by atoms with Crippen molar-refractivity contribution in [2.24, 2.45) is 5.92 Å². The molecule has 1 heterocycles. The Morgan fingerprint density at radius 2 is 1.89 bits per heavy atom. The number of hydrogen-bond acceptors (Lipinski definition) is 3. The van der Waals surface area contributed by atoms with Crippen LogP contribution in [0.4, 0.5) is 13.2 Å². The Labute approximate surface area is 168 Å². The highest BCUT2D eigenvalue weighted by Gasteiger charge is 2.36. The van der Waals surface area contributed by atoms with Crippen molar-refractivity contribution >= 4 is 27.5 Å². The van der Waals surface area contributed by atoms with Gasteiger partial charge in [0.25, 0.3) is 0 Å². The first kappa shape index (κ1) is 23.0. The molecule has 0 saturated carbocycles. The molecule has 1 aliphatic heterocycles. The van der Waals surface area contributed by atoms with E-state index in [1.165, 1.54) is 0 Å². The zero-order chi connectivity index (χ0) is 20.9. The number of unbranched alkanes of at least 4 members (excludes halogenated alkanes) is 2. The van der Waals surface area contributed by atoms with Gasteiger partial charge in [-0.3, -0.25) is 4.79 Å². The van der Waals surface area contributed by atoms with E-state index >= 15 is 0 Å². The number of carbonyl (C=O) groups is 1. The molecule has 1 amide bonds. The Morgan fingerprint density at radius 1 is 1.25 bits per heavy atom. The number of halogens is 4. The molecule has 1 aromatic rings. The van der Waals surface area contributed by atoms with Crippen LogP contribution in [-0.4, -0.2) is 38.3 Å². The second kappa shape index (κ2) is 9.45. The Bertz CT molecular complexity index is 792. The normalized spacial score (nSPS) is 16.9. The van der Waals surface area contributed by atoms with E-state index in [1.54, 1.807) is 0 Å². The van der Waals surface area contributed by atoms with E-state index in [0.29, 0.717) is 25.5 Å². The number of piperidine rings is 1. The third-order valence-corrected chi connectivity index (χ3v) is 7.01. The summed E-state index contributed by atoms with van der Waals surface area (Å²) in [7, 11) is -4.09. The van der Waals surface area contributed by atoms with Crippen molar-refractivity contribution < 1.29 is 26.4 Å². The summed E-state index contributed by atoms with van der Waals surface area (Å²) >= 11 is 5.56. The summed E-state index contributed by atoms with van der Waals surface area (Å²) in [5, 5.41) is 2.31. The summed E-state index contributed by atoms with van der Waals surface area (Å²) in [6.45, 7) is 2.82. The molecule has 28 heavy (non-hydrogen) atoms. The fourth-order valence-electron chi connectivity index (χ4n) is 3.12. The fraction of sp³-hybridized carbons (Fsp3) is 0.611. The van der Waals surface area contributed by atoms with Crippen molar-refractivity contribution in [1.29, 1.82) is 0 Å². The number of benzene rings is 1. The van der Waals surface area contributed by atoms with Crippen LogP contribution in [0.15, 0.2) is 23.1 Å². The lowest BCUT2D eigenvalue weighted by molar-refractivity contribution is -0.137. The molecule has 1 aliphatic rings. The maximum Gasteiger partial charge on any atom is 0.417 e. The molecule has 2 rings (SSSR count). The summed E-state index contributed by atoms with van der Waals surface area (Å²) < 4.78 is 65.6. The van der Waals surface area contributed by atoms with Crippen LogP contribution < -0.4 is 5.32 Å². The average molecular weight is 441 g/mol. The van der Waals surface area contributed by atoms with E-state index in [4.69, 9.17) is 11.6 Å². The standard InChI is InChI=1S/C18H24ClF3N2O3S/c1-2-3-4-9-23-17(25)13-7-10-24(11-8-13)28(26,27)14-5-6-16(19)15(12-14)18(20,21)22/h5-6,12-13H,2-4,7-11H2,1H3,(H,23,25). The van der Waals surface area contributed by atoms with Crippen molar-refractivity contribution in [3.05, 3.63) is 28.8 Å². The van der Waals surface area contributed by atoms with Crippen molar-refractivity contribution in [1.82, 2.24) is 9.62 Å². The Kier molecular flexibility index (Phi) is 7.75. The van der Waals surface area contributed by atoms with Crippen LogP contribution in [0.5, 0.6) is 0 Å². The van der Waals surface area contributed by atoms with Crippen LogP contribution >= 0.6 is 11.6 Å². The Balaban J connectivity index is 2.03. The number of carbonyl (C=O) groups excluding carboxylic acids is 1. The first-order valence-corrected chi connectivity index (χ1v) is 11.0. The lowest BCUT2D eigenvalue weighted by atomic mass is 9.97. The van der Waals surface area contributed by atoms with E-state index in [1.807, 2.05) is 0 Å². The third kappa shape index (κ3) is 5.61. The molecule has 1 N–H and O–H groups in total. The van der Waals surface area contributed by atoms with Crippen LogP contribution in [0.2, 0.25) is 5.02 Å². The van der Waals surface area contributed by atoms with Gasteiger partial charge in [0.15, 0.2) is 0 Å². The fourth-order valence-corrected chi connectivity index (χ4v) is 4.84. The predicted octanol–water partition coefficient (Wildman–Crippen LogP) is 4.07. The van der Waals surface area contributed by atoms with Crippen LogP contribution in [0.3, 0.4) is 0 Å². The number of nitrogens with zero attached hydrogens (tertiary/aromatic N) is 1. The molecule has 0 atom stereocenters. The zero-order valence-electron chi connectivity index (χ0n) is 15.6. The van der Waals surface area contributed by atoms with E-state index in [2.05, 4.69) is 12.2 Å². The molecule has 0 aliphatic carbocycles. The maximum atomic E-state index is 13.0. The number of rotatable bonds is 7. The van der Waals surface area contributed by atoms with Gasteiger partial charge in [-0.2, -0.15) is 17.5 Å². The molecule has 0 unspecified atom stereocenters. The molecule has 1 saturated heterocycles. The van der Waals surface area contributed by atoms with Crippen molar-refractivity contribution in [2.45, 2.75) is 50.1 Å². The van der Waals surface area contributed by atoms with Gasteiger partial charge in [-0.15, -0.1) is 0 Å². The molecule has 1 fully saturated rings. The minimum Gasteiger partial charge on any atom is -0.356 e. The lowest BCUT2D eigenvalue weighted by Gasteiger charge is -2.30. The van der Waals surface area contributed by atoms with Gasteiger partial charge in [-0.25, -0.2) is 8.42 Å². The van der Waals surface area contributed by atoms with Crippen LogP contribution in [-0.2, 0) is 21.0 Å². The predicted molar refractivity (Wildman–Crippen MR) is 100 cm³/mol. The first-order chi connectivity index (χ1) is 13.1. The van der Waals surface area contributed by atoms with Crippen LogP contribution in [0.25, 0.3) is 0 Å². The average Bonchev–Trinajstić information content (AvgIpc) is 2.64. The molecule has 0 aromatic heterocycles. The van der Waals surface area contributed by atoms with Crippen molar-refractivity contribution in [2.75, 3.05) is 19.6 Å². The number of sulfonamides is 1. The minimum atomic E-state index is -4.74. The molecule has 0 bridgehead atoms. The highest BCUT2D eigenvalue weighted by atomic mass is 35.5. The summed E-state index contributed by atoms with van der Waals surface area (Å²) in [6, 6.07) is 2.57. The van der Waals surface area contributed by atoms with Gasteiger partial charge in [0.05, 0.1) is 15.5 Å². The van der Waals surface area contributed by atoms with Gasteiger partial charge in [-0.05, 0) is 37.5 Å². The quantitative estimate of drug-likeness (QED) is 0.650. The molecule has 0 spiro atoms. The Morgan fingerprint density at radius 3 is 2.46 bits per heavy atom. The molecule has 5 nitrogen and oxygen atoms in total. The second-order valence-corrected chi connectivity index (χ2v) is 9.16. The van der Waals surface area contributed by atoms with Crippen LogP contribution in [0, 0.1) is 5.92 Å². The van der Waals surface area contributed by atoms with Gasteiger partial charge < -0.3 is 5.32 Å². The summed E-state index contributed by atoms with van der Waals surface area (Å²) in [5.74, 6) is -0.386. The SMILES string of the molecule is CCCCCNC(=O)C1CCN(S(=O)(=O)c2ccc(Cl)c(C(F)(F)F)c2)CC1. The van der Waals surface area contributed by atoms with E-state index in [0.717, 1.165) is 35.7 Å². The summed E-state index contributed by atoms with van der Waals surface area (Å²) in [4.78, 5) is 11.7. The number of alkyl halides is 3. The second-order valence-electron chi connectivity index (χ2n) is 6.82. The zero-order valence-corrected chi connectivity index (χ0v) is 17.1. The minimum absolute atomic E-state index is 0.0827. The highest BCUT2D eigenvalue weighted by molar-refractivity contribution is 7.89. The van der Waals surface area contributed by atoms with Gasteiger partial charge in [0.2, 0.25) is 15.9 Å². The van der Waals surface area contributed by atoms with Gasteiger partial charge in [0, 0.05) is 25.6 Å². The molecule has 1 aromatic carbocycles. The van der Waals surface area contributed by atoms with E-state index in [9.17, 15) is 26.4 Å². The van der Waals surface area contributed by atoms with Gasteiger partial charge >= 0.3 is 6.18 Å². The summed E-state index contributed by atoms with van der Waals surface area (Å²) in [6.07, 6.45) is -1.11. The van der Waals surface area contributed by atoms with Crippen LogP contribution in [0.1, 0.15) is 44.6 Å². The molecule has 158 valence electrons. The maximum absolute atomic E-state index is 13.0.